The number of fused-ring (bicyclic) bond motifs is 25. The van der Waals surface area contributed by atoms with Crippen LogP contribution in [0.1, 0.15) is 306 Å². The van der Waals surface area contributed by atoms with E-state index in [-0.39, 0.29) is 180 Å². The van der Waals surface area contributed by atoms with Gasteiger partial charge in [-0.15, -0.1) is 0 Å². The van der Waals surface area contributed by atoms with Crippen molar-refractivity contribution in [2.45, 2.75) is 294 Å². The van der Waals surface area contributed by atoms with Gasteiger partial charge in [0.2, 0.25) is 0 Å². The third kappa shape index (κ3) is 33.0. The van der Waals surface area contributed by atoms with Crippen molar-refractivity contribution in [1.29, 1.82) is 10.5 Å². The molecular formula is C101H174FeN10. The van der Waals surface area contributed by atoms with Crippen LogP contribution in [0.25, 0.3) is 144 Å². The molecule has 0 spiro atoms. The fraction of sp³-hybridized carbons (Fsp3) is 0.406. The number of nitrogens with zero attached hydrogens (tertiary/aromatic N) is 10. The first-order valence-electron chi connectivity index (χ1n) is 32.1. The summed E-state index contributed by atoms with van der Waals surface area (Å²) in [6, 6.07) is 65.6. The van der Waals surface area contributed by atoms with Crippen molar-refractivity contribution < 1.29 is 17.1 Å². The van der Waals surface area contributed by atoms with Crippen molar-refractivity contribution in [3.8, 4) is 57.7 Å². The molecule has 0 unspecified atom stereocenters. The summed E-state index contributed by atoms with van der Waals surface area (Å²) >= 11 is 0. The van der Waals surface area contributed by atoms with E-state index in [4.69, 9.17) is 50.4 Å². The average molecular weight is 1580 g/mol. The van der Waals surface area contributed by atoms with Crippen molar-refractivity contribution in [2.75, 3.05) is 0 Å². The Kier molecular flexibility index (Phi) is 104. The molecule has 8 bridgehead atoms. The second-order valence-corrected chi connectivity index (χ2v) is 18.1. The van der Waals surface area contributed by atoms with E-state index in [2.05, 4.69) is 111 Å². The molecule has 10 aromatic carbocycles. The Bertz CT molecular complexity index is 4210. The summed E-state index contributed by atoms with van der Waals surface area (Å²) in [6.45, 7) is 36.2. The number of nitriles is 2. The minimum Gasteiger partial charge on any atom is -0.357 e. The molecule has 15 rings (SSSR count). The first-order chi connectivity index (χ1) is 43.9. The molecule has 2 aliphatic rings. The summed E-state index contributed by atoms with van der Waals surface area (Å²) in [5.41, 5.74) is 6.54. The fourth-order valence-electron chi connectivity index (χ4n) is 9.83. The minimum absolute atomic E-state index is 0. The predicted molar refractivity (Wildman–Crippen MR) is 532 cm³/mol. The zero-order valence-electron chi connectivity index (χ0n) is 55.9. The van der Waals surface area contributed by atoms with Gasteiger partial charge in [-0.05, 0) is 136 Å². The van der Waals surface area contributed by atoms with Crippen molar-refractivity contribution in [1.82, 2.24) is 39.9 Å². The molecule has 5 heterocycles. The molecular weight excluding hydrogens is 1410 g/mol. The van der Waals surface area contributed by atoms with Gasteiger partial charge in [0.25, 0.3) is 0 Å². The molecule has 112 heavy (non-hydrogen) atoms. The zero-order chi connectivity index (χ0) is 65.2. The van der Waals surface area contributed by atoms with Gasteiger partial charge < -0.3 is 29.9 Å². The fourth-order valence-corrected chi connectivity index (χ4v) is 9.83. The maximum atomic E-state index is 8.81. The van der Waals surface area contributed by atoms with Crippen LogP contribution >= 0.6 is 0 Å². The molecule has 0 atom stereocenters. The molecule has 0 amide bonds. The molecule has 13 aromatic rings. The standard InChI is InChI=1S/C48H24N8.C12H6N2.C3H8.8C2H6.22CH4.Fe/c1-2-10-26-18-34-33(17-25(26)9-1)41-49-42(34)54-44-37-21-29-13-5-6-14-30(29)22-38(37)46(51-44)56-48-40-24-32-16-8-7-15-31(32)23-39(40)47(52-48)55-45-36-20-28-12-4-3-11-27(28)19-35(36)43(50-45)53-41;13-7-11-5-9-3-1-2-4-10(9)6-12(11)8-14;1-3-2;8*1-2;;;;;;;;;;;;;;;;;;;;;;;/h1-24H;1-6H;3H2,1-2H3;8*1-2H3;22*1H4;/q-2;;;;;;;;;;;;;;;;;;;;;;;;;;;;;;;;;+2. The molecule has 11 heteroatoms. The normalized spacial score (nSPS) is 7.89. The van der Waals surface area contributed by atoms with Crippen LogP contribution in [0.4, 0.5) is 0 Å². The van der Waals surface area contributed by atoms with Crippen molar-refractivity contribution in [3.05, 3.63) is 193 Å². The van der Waals surface area contributed by atoms with Gasteiger partial charge in [0.1, 0.15) is 12.1 Å². The second-order valence-electron chi connectivity index (χ2n) is 18.1. The quantitative estimate of drug-likeness (QED) is 0.134. The zero-order valence-corrected chi connectivity index (χ0v) is 57.0. The van der Waals surface area contributed by atoms with Crippen LogP contribution in [-0.2, 0) is 17.1 Å². The maximum Gasteiger partial charge on any atom is 2.00 e. The number of aromatic nitrogens is 8. The van der Waals surface area contributed by atoms with E-state index in [0.29, 0.717) is 57.0 Å². The number of hydrogen-bond donors (Lipinski definition) is 0. The van der Waals surface area contributed by atoms with E-state index >= 15 is 0 Å². The third-order valence-corrected chi connectivity index (χ3v) is 13.3. The summed E-state index contributed by atoms with van der Waals surface area (Å²) in [5.74, 6) is 2.14. The first-order valence-corrected chi connectivity index (χ1v) is 32.1. The molecule has 0 fully saturated rings. The van der Waals surface area contributed by atoms with Crippen LogP contribution in [0.3, 0.4) is 0 Å². The van der Waals surface area contributed by atoms with E-state index in [1.54, 1.807) is 12.1 Å². The van der Waals surface area contributed by atoms with Gasteiger partial charge in [-0.3, -0.25) is 0 Å². The van der Waals surface area contributed by atoms with E-state index in [0.717, 1.165) is 97.7 Å². The van der Waals surface area contributed by atoms with Gasteiger partial charge in [0.15, 0.2) is 0 Å². The van der Waals surface area contributed by atoms with Gasteiger partial charge in [-0.2, -0.15) is 10.5 Å². The molecule has 636 valence electrons. The minimum atomic E-state index is 0. The Hall–Kier alpha value is -9.64. The van der Waals surface area contributed by atoms with Gasteiger partial charge >= 0.3 is 17.1 Å². The SMILES string of the molecule is C.C.C.C.C.C.C.C.C.C.C.C.C.C.C.C.C.C.C.C.C.C.CC.CC.CC.CC.CC.CC.CC.CC.CCC.N#Cc1cc2ccccc2cc1C#N.[Fe+2].c1ccc2cc3c(cc2c1)-c1nc-3nc2[n-]c(nc3nc(nc4[n-]c(n1)c1cc5ccccc5cc41)-c1cc4ccccc4cc1-3)c1cc3ccccc3cc21. The summed E-state index contributed by atoms with van der Waals surface area (Å²) < 4.78 is 0. The summed E-state index contributed by atoms with van der Waals surface area (Å²) in [6.07, 6.45) is 1.25. The van der Waals surface area contributed by atoms with Crippen LogP contribution < -0.4 is 9.97 Å². The van der Waals surface area contributed by atoms with Gasteiger partial charge in [0, 0.05) is 44.8 Å². The van der Waals surface area contributed by atoms with Crippen LogP contribution in [0.5, 0.6) is 0 Å². The van der Waals surface area contributed by atoms with Crippen LogP contribution in [0, 0.1) is 22.7 Å². The molecule has 2 aliphatic heterocycles. The summed E-state index contributed by atoms with van der Waals surface area (Å²) in [4.78, 5) is 41.6. The largest absolute Gasteiger partial charge is 2.00 e. The molecule has 0 radical (unpaired) electrons. The third-order valence-electron chi connectivity index (χ3n) is 13.3. The first kappa shape index (κ1) is 151. The molecule has 0 N–H and O–H groups in total. The average Bonchev–Trinajstić information content (AvgIpc) is 1.59. The Morgan fingerprint density at radius 3 is 0.509 bits per heavy atom. The van der Waals surface area contributed by atoms with Crippen molar-refractivity contribution in [2.24, 2.45) is 0 Å². The molecule has 0 aliphatic carbocycles. The number of benzene rings is 10. The van der Waals surface area contributed by atoms with Crippen molar-refractivity contribution in [3.63, 3.8) is 0 Å². The van der Waals surface area contributed by atoms with Gasteiger partial charge in [-0.25, -0.2) is 9.97 Å². The predicted octanol–water partition coefficient (Wildman–Crippen LogP) is 36.9. The molecule has 0 saturated heterocycles. The van der Waals surface area contributed by atoms with Crippen LogP contribution in [0.2, 0.25) is 0 Å². The number of hydrogen-bond acceptors (Lipinski definition) is 8. The summed E-state index contributed by atoms with van der Waals surface area (Å²) in [5, 5.41) is 31.8. The Morgan fingerprint density at radius 1 is 0.232 bits per heavy atom. The Balaban J connectivity index is -0.0000000798. The van der Waals surface area contributed by atoms with E-state index in [1.165, 1.54) is 6.42 Å². The number of rotatable bonds is 0. The summed E-state index contributed by atoms with van der Waals surface area (Å²) in [7, 11) is 0. The molecule has 10 nitrogen and oxygen atoms in total. The topological polar surface area (TPSA) is 153 Å². The maximum absolute atomic E-state index is 8.81. The second kappa shape index (κ2) is 76.7. The van der Waals surface area contributed by atoms with Crippen LogP contribution in [0.15, 0.2) is 182 Å². The van der Waals surface area contributed by atoms with E-state index in [9.17, 15) is 0 Å². The molecule has 3 aromatic heterocycles. The van der Waals surface area contributed by atoms with Crippen molar-refractivity contribution >= 4 is 98.0 Å². The Morgan fingerprint density at radius 2 is 0.366 bits per heavy atom. The van der Waals surface area contributed by atoms with Crippen LogP contribution in [-0.4, -0.2) is 29.9 Å². The van der Waals surface area contributed by atoms with Gasteiger partial charge in [-0.1, -0.05) is 416 Å². The monoisotopic (exact) mass is 1580 g/mol. The van der Waals surface area contributed by atoms with Gasteiger partial charge in [0.05, 0.1) is 34.4 Å². The van der Waals surface area contributed by atoms with E-state index in [1.807, 2.05) is 196 Å². The smallest absolute Gasteiger partial charge is 0.357 e. The molecule has 0 saturated carbocycles. The Labute approximate surface area is 706 Å². The van der Waals surface area contributed by atoms with E-state index < -0.39 is 0 Å².